The van der Waals surface area contributed by atoms with Gasteiger partial charge in [0.2, 0.25) is 0 Å². The van der Waals surface area contributed by atoms with Gasteiger partial charge in [-0.2, -0.15) is 13.2 Å². The van der Waals surface area contributed by atoms with Crippen molar-refractivity contribution in [2.45, 2.75) is 12.8 Å². The predicted molar refractivity (Wildman–Crippen MR) is 105 cm³/mol. The molecule has 0 aromatic heterocycles. The van der Waals surface area contributed by atoms with Gasteiger partial charge in [0.25, 0.3) is 5.91 Å². The van der Waals surface area contributed by atoms with E-state index >= 15 is 0 Å². The molecule has 160 valence electrons. The van der Waals surface area contributed by atoms with Crippen molar-refractivity contribution in [1.82, 2.24) is 0 Å². The van der Waals surface area contributed by atoms with Crippen molar-refractivity contribution < 1.29 is 37.7 Å². The number of hydrogen-bond acceptors (Lipinski definition) is 4. The average molecular weight is 431 g/mol. The van der Waals surface area contributed by atoms with Crippen molar-refractivity contribution in [2.24, 2.45) is 0 Å². The number of aromatic hydroxyl groups is 1. The molecule has 1 amide bonds. The number of carbonyl (C=O) groups is 2. The molecule has 3 aromatic rings. The molecule has 0 radical (unpaired) electrons. The van der Waals surface area contributed by atoms with E-state index in [9.17, 15) is 33.0 Å². The molecule has 0 bridgehead atoms. The molecular formula is C22H16F3NO5. The average Bonchev–Trinajstić information content (AvgIpc) is 2.73. The fraction of sp³-hybridized carbons (Fsp3) is 0.0909. The standard InChI is InChI=1S/C22H16F3NO5/c23-22(24,25)15-5-1-3-13(9-15)12-31-17-6-2-4-14(10-17)20(28)26-19-8-7-16(27)11-18(19)21(29)30/h1-11,27H,12H2,(H,26,28)(H,29,30). The highest BCUT2D eigenvalue weighted by atomic mass is 19.4. The van der Waals surface area contributed by atoms with Gasteiger partial charge in [0, 0.05) is 5.56 Å². The second-order valence-corrected chi connectivity index (χ2v) is 6.50. The predicted octanol–water partition coefficient (Wildman–Crippen LogP) is 4.94. The summed E-state index contributed by atoms with van der Waals surface area (Å²) in [5.74, 6) is -1.98. The molecule has 0 unspecified atom stereocenters. The van der Waals surface area contributed by atoms with Crippen molar-refractivity contribution in [3.8, 4) is 11.5 Å². The van der Waals surface area contributed by atoms with Crippen LogP contribution in [0.1, 0.15) is 31.8 Å². The number of phenolic OH excluding ortho intramolecular Hbond substituents is 1. The van der Waals surface area contributed by atoms with Crippen LogP contribution in [0.4, 0.5) is 18.9 Å². The number of halogens is 3. The molecule has 6 nitrogen and oxygen atoms in total. The Morgan fingerprint density at radius 3 is 2.42 bits per heavy atom. The quantitative estimate of drug-likeness (QED) is 0.481. The van der Waals surface area contributed by atoms with Gasteiger partial charge in [-0.15, -0.1) is 0 Å². The van der Waals surface area contributed by atoms with E-state index < -0.39 is 23.6 Å². The van der Waals surface area contributed by atoms with Crippen molar-refractivity contribution in [1.29, 1.82) is 0 Å². The number of nitrogens with one attached hydrogen (secondary N) is 1. The van der Waals surface area contributed by atoms with Crippen LogP contribution in [0.2, 0.25) is 0 Å². The number of amides is 1. The highest BCUT2D eigenvalue weighted by Crippen LogP contribution is 2.30. The van der Waals surface area contributed by atoms with Gasteiger partial charge in [-0.05, 0) is 54.1 Å². The van der Waals surface area contributed by atoms with Gasteiger partial charge in [-0.1, -0.05) is 18.2 Å². The number of anilines is 1. The van der Waals surface area contributed by atoms with Crippen LogP contribution in [-0.2, 0) is 12.8 Å². The Morgan fingerprint density at radius 2 is 1.71 bits per heavy atom. The SMILES string of the molecule is O=C(Nc1ccc(O)cc1C(=O)O)c1cccc(OCc2cccc(C(F)(F)F)c2)c1. The maximum absolute atomic E-state index is 12.8. The highest BCUT2D eigenvalue weighted by molar-refractivity contribution is 6.08. The molecule has 9 heteroatoms. The summed E-state index contributed by atoms with van der Waals surface area (Å²) in [6, 6.07) is 14.1. The van der Waals surface area contributed by atoms with Gasteiger partial charge in [-0.25, -0.2) is 4.79 Å². The molecule has 0 fully saturated rings. The first-order chi connectivity index (χ1) is 14.6. The van der Waals surface area contributed by atoms with E-state index in [0.29, 0.717) is 5.56 Å². The zero-order valence-electron chi connectivity index (χ0n) is 15.8. The van der Waals surface area contributed by atoms with Crippen molar-refractivity contribution in [3.05, 3.63) is 89.0 Å². The lowest BCUT2D eigenvalue weighted by Gasteiger charge is -2.12. The topological polar surface area (TPSA) is 95.9 Å². The number of phenols is 1. The number of carboxylic acids is 1. The number of ether oxygens (including phenoxy) is 1. The Bertz CT molecular complexity index is 1130. The Labute approximate surface area is 174 Å². The van der Waals surface area contributed by atoms with Crippen LogP contribution in [0, 0.1) is 0 Å². The molecule has 0 aliphatic rings. The van der Waals surface area contributed by atoms with Crippen molar-refractivity contribution >= 4 is 17.6 Å². The number of carboxylic acid groups (broad SMARTS) is 1. The molecular weight excluding hydrogens is 415 g/mol. The van der Waals surface area contributed by atoms with Crippen LogP contribution in [0.5, 0.6) is 11.5 Å². The number of carbonyl (C=O) groups excluding carboxylic acids is 1. The molecule has 0 aliphatic carbocycles. The Balaban J connectivity index is 1.72. The third kappa shape index (κ3) is 5.53. The fourth-order valence-corrected chi connectivity index (χ4v) is 2.74. The first-order valence-electron chi connectivity index (χ1n) is 8.90. The maximum atomic E-state index is 12.8. The maximum Gasteiger partial charge on any atom is 0.416 e. The summed E-state index contributed by atoms with van der Waals surface area (Å²) in [7, 11) is 0. The highest BCUT2D eigenvalue weighted by Gasteiger charge is 2.30. The number of benzene rings is 3. The second-order valence-electron chi connectivity index (χ2n) is 6.50. The summed E-state index contributed by atoms with van der Waals surface area (Å²) in [5.41, 5.74) is -0.633. The van der Waals surface area contributed by atoms with Crippen LogP contribution in [-0.4, -0.2) is 22.1 Å². The molecule has 3 N–H and O–H groups in total. The largest absolute Gasteiger partial charge is 0.508 e. The summed E-state index contributed by atoms with van der Waals surface area (Å²) >= 11 is 0. The van der Waals surface area contributed by atoms with E-state index in [2.05, 4.69) is 5.32 Å². The summed E-state index contributed by atoms with van der Waals surface area (Å²) < 4.78 is 44.0. The lowest BCUT2D eigenvalue weighted by Crippen LogP contribution is -2.15. The van der Waals surface area contributed by atoms with E-state index in [0.717, 1.165) is 18.2 Å². The number of hydrogen-bond donors (Lipinski definition) is 3. The summed E-state index contributed by atoms with van der Waals surface area (Å²) in [5, 5.41) is 21.1. The van der Waals surface area contributed by atoms with Crippen LogP contribution >= 0.6 is 0 Å². The Hall–Kier alpha value is -4.01. The van der Waals surface area contributed by atoms with Gasteiger partial charge in [0.1, 0.15) is 18.1 Å². The van der Waals surface area contributed by atoms with Gasteiger partial charge >= 0.3 is 12.1 Å². The first-order valence-corrected chi connectivity index (χ1v) is 8.90. The second kappa shape index (κ2) is 8.78. The molecule has 0 aliphatic heterocycles. The van der Waals surface area contributed by atoms with Crippen LogP contribution in [0.15, 0.2) is 66.7 Å². The first kappa shape index (κ1) is 21.7. The van der Waals surface area contributed by atoms with Crippen LogP contribution < -0.4 is 10.1 Å². The van der Waals surface area contributed by atoms with Gasteiger partial charge in [-0.3, -0.25) is 4.79 Å². The molecule has 3 rings (SSSR count). The Morgan fingerprint density at radius 1 is 0.968 bits per heavy atom. The molecule has 3 aromatic carbocycles. The van der Waals surface area contributed by atoms with E-state index in [-0.39, 0.29) is 34.9 Å². The normalized spacial score (nSPS) is 11.1. The zero-order chi connectivity index (χ0) is 22.6. The van der Waals surface area contributed by atoms with Crippen LogP contribution in [0.3, 0.4) is 0 Å². The summed E-state index contributed by atoms with van der Waals surface area (Å²) in [6.07, 6.45) is -4.46. The third-order valence-electron chi connectivity index (χ3n) is 4.24. The van der Waals surface area contributed by atoms with E-state index in [1.54, 1.807) is 0 Å². The van der Waals surface area contributed by atoms with E-state index in [1.807, 2.05) is 0 Å². The van der Waals surface area contributed by atoms with E-state index in [1.165, 1.54) is 48.5 Å². The minimum Gasteiger partial charge on any atom is -0.508 e. The smallest absolute Gasteiger partial charge is 0.416 e. The molecule has 0 heterocycles. The number of rotatable bonds is 6. The Kier molecular flexibility index (Phi) is 6.15. The fourth-order valence-electron chi connectivity index (χ4n) is 2.74. The molecule has 0 atom stereocenters. The van der Waals surface area contributed by atoms with Crippen molar-refractivity contribution in [2.75, 3.05) is 5.32 Å². The van der Waals surface area contributed by atoms with Crippen molar-refractivity contribution in [3.63, 3.8) is 0 Å². The molecule has 0 saturated heterocycles. The zero-order valence-corrected chi connectivity index (χ0v) is 15.8. The molecule has 0 saturated carbocycles. The van der Waals surface area contributed by atoms with Gasteiger partial charge in [0.05, 0.1) is 16.8 Å². The number of aromatic carboxylic acids is 1. The monoisotopic (exact) mass is 431 g/mol. The summed E-state index contributed by atoms with van der Waals surface area (Å²) in [6.45, 7) is -0.143. The molecule has 31 heavy (non-hydrogen) atoms. The molecule has 0 spiro atoms. The third-order valence-corrected chi connectivity index (χ3v) is 4.24. The minimum absolute atomic E-state index is 0.00872. The van der Waals surface area contributed by atoms with Gasteiger partial charge < -0.3 is 20.3 Å². The number of alkyl halides is 3. The van der Waals surface area contributed by atoms with Crippen LogP contribution in [0.25, 0.3) is 0 Å². The summed E-state index contributed by atoms with van der Waals surface area (Å²) in [4.78, 5) is 23.8. The minimum atomic E-state index is -4.46. The lowest BCUT2D eigenvalue weighted by atomic mass is 10.1. The van der Waals surface area contributed by atoms with Gasteiger partial charge in [0.15, 0.2) is 0 Å². The van der Waals surface area contributed by atoms with E-state index in [4.69, 9.17) is 4.74 Å². The lowest BCUT2D eigenvalue weighted by molar-refractivity contribution is -0.137.